The van der Waals surface area contributed by atoms with Gasteiger partial charge in [-0.3, -0.25) is 14.7 Å². The molecule has 0 bridgehead atoms. The van der Waals surface area contributed by atoms with Crippen molar-refractivity contribution in [1.82, 2.24) is 14.8 Å². The Morgan fingerprint density at radius 3 is 2.52 bits per heavy atom. The number of piperazine rings is 1. The van der Waals surface area contributed by atoms with E-state index in [0.717, 1.165) is 32.7 Å². The van der Waals surface area contributed by atoms with Gasteiger partial charge in [0.1, 0.15) is 0 Å². The number of pyridine rings is 1. The molecule has 0 aromatic carbocycles. The third kappa shape index (κ3) is 4.25. The number of carbonyl (C=O) groups is 1. The summed E-state index contributed by atoms with van der Waals surface area (Å²) < 4.78 is 0. The summed E-state index contributed by atoms with van der Waals surface area (Å²) >= 11 is 0. The number of carbonyl (C=O) groups excluding carboxylic acids is 1. The van der Waals surface area contributed by atoms with Crippen molar-refractivity contribution in [1.29, 1.82) is 0 Å². The van der Waals surface area contributed by atoms with Gasteiger partial charge in [0.2, 0.25) is 5.91 Å². The van der Waals surface area contributed by atoms with Crippen LogP contribution in [0.2, 0.25) is 0 Å². The quantitative estimate of drug-likeness (QED) is 0.905. The largest absolute Gasteiger partial charge is 0.339 e. The molecular weight excluding hydrogens is 264 g/mol. The van der Waals surface area contributed by atoms with E-state index >= 15 is 0 Å². The highest BCUT2D eigenvalue weighted by atomic mass is 16.2. The van der Waals surface area contributed by atoms with E-state index in [1.807, 2.05) is 37.9 Å². The third-order valence-corrected chi connectivity index (χ3v) is 4.01. The van der Waals surface area contributed by atoms with Crippen LogP contribution in [0.1, 0.15) is 26.3 Å². The second-order valence-electron chi connectivity index (χ2n) is 6.81. The molecule has 5 heteroatoms. The molecule has 1 aromatic rings. The summed E-state index contributed by atoms with van der Waals surface area (Å²) in [6, 6.07) is 3.61. The molecule has 1 fully saturated rings. The number of nitrogens with zero attached hydrogens (tertiary/aromatic N) is 3. The topological polar surface area (TPSA) is 62.5 Å². The first-order valence-corrected chi connectivity index (χ1v) is 7.53. The van der Waals surface area contributed by atoms with Crippen molar-refractivity contribution in [3.8, 4) is 0 Å². The van der Waals surface area contributed by atoms with Gasteiger partial charge in [0.05, 0.1) is 6.04 Å². The zero-order chi connectivity index (χ0) is 15.5. The van der Waals surface area contributed by atoms with E-state index in [1.54, 1.807) is 6.20 Å². The van der Waals surface area contributed by atoms with E-state index in [0.29, 0.717) is 0 Å². The molecule has 0 radical (unpaired) electrons. The second-order valence-corrected chi connectivity index (χ2v) is 6.81. The fourth-order valence-corrected chi connectivity index (χ4v) is 2.44. The van der Waals surface area contributed by atoms with E-state index in [4.69, 9.17) is 5.73 Å². The lowest BCUT2D eigenvalue weighted by atomic mass is 9.86. The molecule has 1 aliphatic heterocycles. The van der Waals surface area contributed by atoms with Gasteiger partial charge >= 0.3 is 0 Å². The van der Waals surface area contributed by atoms with Crippen molar-refractivity contribution >= 4 is 5.91 Å². The van der Waals surface area contributed by atoms with Crippen molar-refractivity contribution in [2.45, 2.75) is 33.4 Å². The molecule has 0 aliphatic carbocycles. The van der Waals surface area contributed by atoms with E-state index in [2.05, 4.69) is 16.0 Å². The number of amides is 1. The van der Waals surface area contributed by atoms with Crippen LogP contribution < -0.4 is 5.73 Å². The molecule has 1 unspecified atom stereocenters. The van der Waals surface area contributed by atoms with Crippen LogP contribution >= 0.6 is 0 Å². The number of hydrogen-bond acceptors (Lipinski definition) is 4. The summed E-state index contributed by atoms with van der Waals surface area (Å²) in [4.78, 5) is 20.8. The number of aromatic nitrogens is 1. The van der Waals surface area contributed by atoms with Crippen molar-refractivity contribution in [3.05, 3.63) is 30.1 Å². The average molecular weight is 290 g/mol. The monoisotopic (exact) mass is 290 g/mol. The number of hydrogen-bond donors (Lipinski definition) is 1. The van der Waals surface area contributed by atoms with Gasteiger partial charge in [-0.1, -0.05) is 26.8 Å². The first-order valence-electron chi connectivity index (χ1n) is 7.53. The summed E-state index contributed by atoms with van der Waals surface area (Å²) in [6.45, 7) is 10.2. The summed E-state index contributed by atoms with van der Waals surface area (Å²) in [5, 5.41) is 0. The molecule has 1 aliphatic rings. The van der Waals surface area contributed by atoms with Crippen LogP contribution in [0.5, 0.6) is 0 Å². The Labute approximate surface area is 127 Å². The molecule has 0 saturated carbocycles. The molecule has 1 amide bonds. The maximum Gasteiger partial charge on any atom is 0.240 e. The van der Waals surface area contributed by atoms with Gasteiger partial charge in [-0.2, -0.15) is 0 Å². The molecule has 5 nitrogen and oxygen atoms in total. The van der Waals surface area contributed by atoms with Gasteiger partial charge < -0.3 is 10.6 Å². The van der Waals surface area contributed by atoms with Crippen LogP contribution in [0.25, 0.3) is 0 Å². The van der Waals surface area contributed by atoms with Crippen molar-refractivity contribution in [3.63, 3.8) is 0 Å². The Hall–Kier alpha value is -1.46. The third-order valence-electron chi connectivity index (χ3n) is 4.01. The Balaban J connectivity index is 1.84. The second kappa shape index (κ2) is 6.54. The van der Waals surface area contributed by atoms with Gasteiger partial charge in [-0.15, -0.1) is 0 Å². The molecule has 2 N–H and O–H groups in total. The molecule has 21 heavy (non-hydrogen) atoms. The van der Waals surface area contributed by atoms with Crippen LogP contribution in [-0.2, 0) is 11.3 Å². The molecule has 2 rings (SSSR count). The normalized spacial score (nSPS) is 18.6. The Morgan fingerprint density at radius 1 is 1.33 bits per heavy atom. The van der Waals surface area contributed by atoms with Gasteiger partial charge in [-0.05, 0) is 17.0 Å². The molecule has 2 heterocycles. The van der Waals surface area contributed by atoms with Crippen molar-refractivity contribution in [2.75, 3.05) is 26.2 Å². The first-order chi connectivity index (χ1) is 9.88. The molecule has 0 spiro atoms. The summed E-state index contributed by atoms with van der Waals surface area (Å²) in [5.41, 5.74) is 7.09. The SMILES string of the molecule is CC(C)(C)C(N)C(=O)N1CCN(Cc2cccnc2)CC1. The lowest BCUT2D eigenvalue weighted by Gasteiger charge is -2.38. The lowest BCUT2D eigenvalue weighted by Crippen LogP contribution is -2.56. The fraction of sp³-hybridized carbons (Fsp3) is 0.625. The predicted octanol–water partition coefficient (Wildman–Crippen LogP) is 1.10. The minimum Gasteiger partial charge on any atom is -0.339 e. The highest BCUT2D eigenvalue weighted by molar-refractivity contribution is 5.82. The first kappa shape index (κ1) is 15.9. The van der Waals surface area contributed by atoms with Gasteiger partial charge in [0.25, 0.3) is 0 Å². The summed E-state index contributed by atoms with van der Waals surface area (Å²) in [6.07, 6.45) is 3.68. The maximum atomic E-state index is 12.4. The zero-order valence-electron chi connectivity index (χ0n) is 13.2. The van der Waals surface area contributed by atoms with Crippen molar-refractivity contribution in [2.24, 2.45) is 11.1 Å². The zero-order valence-corrected chi connectivity index (χ0v) is 13.2. The average Bonchev–Trinajstić information content (AvgIpc) is 2.46. The van der Waals surface area contributed by atoms with E-state index in [9.17, 15) is 4.79 Å². The minimum absolute atomic E-state index is 0.0727. The van der Waals surface area contributed by atoms with E-state index in [1.165, 1.54) is 5.56 Å². The van der Waals surface area contributed by atoms with Gasteiger partial charge in [0.15, 0.2) is 0 Å². The molecule has 1 saturated heterocycles. The van der Waals surface area contributed by atoms with Crippen LogP contribution in [0.4, 0.5) is 0 Å². The van der Waals surface area contributed by atoms with E-state index in [-0.39, 0.29) is 11.3 Å². The lowest BCUT2D eigenvalue weighted by molar-refractivity contribution is -0.136. The number of rotatable bonds is 3. The smallest absolute Gasteiger partial charge is 0.240 e. The molecular formula is C16H26N4O. The standard InChI is InChI=1S/C16H26N4O/c1-16(2,3)14(17)15(21)20-9-7-19(8-10-20)12-13-5-4-6-18-11-13/h4-6,11,14H,7-10,12,17H2,1-3H3. The van der Waals surface area contributed by atoms with Gasteiger partial charge in [-0.25, -0.2) is 0 Å². The highest BCUT2D eigenvalue weighted by Crippen LogP contribution is 2.20. The van der Waals surface area contributed by atoms with Crippen LogP contribution in [0.15, 0.2) is 24.5 Å². The Morgan fingerprint density at radius 2 is 2.00 bits per heavy atom. The Kier molecular flexibility index (Phi) is 4.96. The molecule has 1 atom stereocenters. The maximum absolute atomic E-state index is 12.4. The summed E-state index contributed by atoms with van der Waals surface area (Å²) in [5.74, 6) is 0.0727. The highest BCUT2D eigenvalue weighted by Gasteiger charge is 2.32. The van der Waals surface area contributed by atoms with Crippen LogP contribution in [-0.4, -0.2) is 52.9 Å². The Bertz CT molecular complexity index is 461. The van der Waals surface area contributed by atoms with Gasteiger partial charge in [0, 0.05) is 45.1 Å². The summed E-state index contributed by atoms with van der Waals surface area (Å²) in [7, 11) is 0. The fourth-order valence-electron chi connectivity index (χ4n) is 2.44. The van der Waals surface area contributed by atoms with Crippen LogP contribution in [0, 0.1) is 5.41 Å². The molecule has 116 valence electrons. The van der Waals surface area contributed by atoms with Crippen molar-refractivity contribution < 1.29 is 4.79 Å². The number of nitrogens with two attached hydrogens (primary N) is 1. The molecule has 1 aromatic heterocycles. The van der Waals surface area contributed by atoms with Crippen LogP contribution in [0.3, 0.4) is 0 Å². The predicted molar refractivity (Wildman–Crippen MR) is 83.5 cm³/mol. The minimum atomic E-state index is -0.428. The van der Waals surface area contributed by atoms with E-state index < -0.39 is 6.04 Å².